The molecule has 0 atom stereocenters. The van der Waals surface area contributed by atoms with E-state index in [0.29, 0.717) is 11.8 Å². The fourth-order valence-electron chi connectivity index (χ4n) is 1.65. The Bertz CT molecular complexity index is 357. The van der Waals surface area contributed by atoms with E-state index in [4.69, 9.17) is 0 Å². The predicted molar refractivity (Wildman–Crippen MR) is 73.6 cm³/mol. The third-order valence-electron chi connectivity index (χ3n) is 2.72. The normalized spacial score (nSPS) is 10.4. The average Bonchev–Trinajstić information content (AvgIpc) is 2.38. The first-order chi connectivity index (χ1) is 8.69. The van der Waals surface area contributed by atoms with E-state index in [9.17, 15) is 4.39 Å². The van der Waals surface area contributed by atoms with Gasteiger partial charge < -0.3 is 10.2 Å². The van der Waals surface area contributed by atoms with Crippen LogP contribution in [0.15, 0.2) is 6.20 Å². The van der Waals surface area contributed by atoms with Gasteiger partial charge in [-0.3, -0.25) is 0 Å². The number of nitrogens with zero attached hydrogens (tertiary/aromatic N) is 3. The molecule has 0 saturated heterocycles. The molecule has 0 aromatic carbocycles. The summed E-state index contributed by atoms with van der Waals surface area (Å²) in [7, 11) is 1.87. The highest BCUT2D eigenvalue weighted by atomic mass is 19.1. The molecule has 0 bridgehead atoms. The molecule has 0 radical (unpaired) electrons. The van der Waals surface area contributed by atoms with E-state index < -0.39 is 0 Å². The molecule has 1 aromatic heterocycles. The molecule has 1 aromatic rings. The second-order valence-electron chi connectivity index (χ2n) is 4.42. The maximum absolute atomic E-state index is 13.7. The van der Waals surface area contributed by atoms with Gasteiger partial charge in [0.2, 0.25) is 5.95 Å². The summed E-state index contributed by atoms with van der Waals surface area (Å²) in [6.45, 7) is 5.83. The number of rotatable bonds is 8. The smallest absolute Gasteiger partial charge is 0.224 e. The SMILES string of the molecule is CCCCCN(C)c1nc(NCCC)ncc1F. The monoisotopic (exact) mass is 254 g/mol. The van der Waals surface area contributed by atoms with Crippen LogP contribution < -0.4 is 10.2 Å². The summed E-state index contributed by atoms with van der Waals surface area (Å²) in [5.41, 5.74) is 0. The standard InChI is InChI=1S/C13H23FN4/c1-4-6-7-9-18(3)12-11(14)10-16-13(17-12)15-8-5-2/h10H,4-9H2,1-3H3,(H,15,16,17). The van der Waals surface area contributed by atoms with Crippen molar-refractivity contribution in [1.82, 2.24) is 9.97 Å². The zero-order valence-corrected chi connectivity index (χ0v) is 11.5. The molecule has 0 saturated carbocycles. The van der Waals surface area contributed by atoms with Gasteiger partial charge in [-0.05, 0) is 12.8 Å². The van der Waals surface area contributed by atoms with Crippen molar-refractivity contribution in [2.45, 2.75) is 39.5 Å². The highest BCUT2D eigenvalue weighted by molar-refractivity contribution is 5.43. The Balaban J connectivity index is 2.66. The van der Waals surface area contributed by atoms with Crippen LogP contribution in [-0.2, 0) is 0 Å². The van der Waals surface area contributed by atoms with Gasteiger partial charge in [0.15, 0.2) is 11.6 Å². The van der Waals surface area contributed by atoms with Crippen molar-refractivity contribution in [3.63, 3.8) is 0 Å². The van der Waals surface area contributed by atoms with Crippen LogP contribution in [0.3, 0.4) is 0 Å². The molecule has 1 rings (SSSR count). The van der Waals surface area contributed by atoms with Crippen molar-refractivity contribution in [1.29, 1.82) is 0 Å². The Labute approximate surface area is 109 Å². The predicted octanol–water partition coefficient (Wildman–Crippen LogP) is 3.06. The number of hydrogen-bond acceptors (Lipinski definition) is 4. The zero-order valence-electron chi connectivity index (χ0n) is 11.5. The van der Waals surface area contributed by atoms with Crippen molar-refractivity contribution in [3.8, 4) is 0 Å². The van der Waals surface area contributed by atoms with Crippen LogP contribution in [0.4, 0.5) is 16.2 Å². The Morgan fingerprint density at radius 1 is 1.28 bits per heavy atom. The van der Waals surface area contributed by atoms with Crippen LogP contribution in [0.2, 0.25) is 0 Å². The zero-order chi connectivity index (χ0) is 13.4. The summed E-state index contributed by atoms with van der Waals surface area (Å²) in [5, 5.41) is 3.07. The molecular formula is C13H23FN4. The number of anilines is 2. The maximum Gasteiger partial charge on any atom is 0.224 e. The summed E-state index contributed by atoms with van der Waals surface area (Å²) < 4.78 is 13.7. The third-order valence-corrected chi connectivity index (χ3v) is 2.72. The Morgan fingerprint density at radius 2 is 2.06 bits per heavy atom. The third kappa shape index (κ3) is 4.47. The lowest BCUT2D eigenvalue weighted by Gasteiger charge is -2.19. The lowest BCUT2D eigenvalue weighted by atomic mass is 10.2. The van der Waals surface area contributed by atoms with Crippen LogP contribution in [0.1, 0.15) is 39.5 Å². The Kier molecular flexibility index (Phi) is 6.39. The summed E-state index contributed by atoms with van der Waals surface area (Å²) in [5.74, 6) is 0.506. The molecule has 4 nitrogen and oxygen atoms in total. The van der Waals surface area contributed by atoms with Gasteiger partial charge in [0.05, 0.1) is 6.20 Å². The van der Waals surface area contributed by atoms with Gasteiger partial charge in [-0.1, -0.05) is 26.7 Å². The molecule has 102 valence electrons. The summed E-state index contributed by atoms with van der Waals surface area (Å²) in [4.78, 5) is 10.00. The van der Waals surface area contributed by atoms with Gasteiger partial charge in [-0.2, -0.15) is 4.98 Å². The number of hydrogen-bond donors (Lipinski definition) is 1. The molecule has 0 amide bonds. The van der Waals surface area contributed by atoms with Crippen LogP contribution >= 0.6 is 0 Å². The van der Waals surface area contributed by atoms with Crippen molar-refractivity contribution in [3.05, 3.63) is 12.0 Å². The lowest BCUT2D eigenvalue weighted by Crippen LogP contribution is -2.22. The topological polar surface area (TPSA) is 41.1 Å². The summed E-state index contributed by atoms with van der Waals surface area (Å²) in [6, 6.07) is 0. The van der Waals surface area contributed by atoms with Gasteiger partial charge >= 0.3 is 0 Å². The van der Waals surface area contributed by atoms with Crippen LogP contribution in [0.25, 0.3) is 0 Å². The van der Waals surface area contributed by atoms with E-state index in [-0.39, 0.29) is 5.82 Å². The van der Waals surface area contributed by atoms with Gasteiger partial charge in [-0.15, -0.1) is 0 Å². The molecular weight excluding hydrogens is 231 g/mol. The fourth-order valence-corrected chi connectivity index (χ4v) is 1.65. The first kappa shape index (κ1) is 14.7. The van der Waals surface area contributed by atoms with E-state index in [1.54, 1.807) is 0 Å². The van der Waals surface area contributed by atoms with Gasteiger partial charge in [-0.25, -0.2) is 9.37 Å². The number of unbranched alkanes of at least 4 members (excludes halogenated alkanes) is 2. The van der Waals surface area contributed by atoms with Gasteiger partial charge in [0.25, 0.3) is 0 Å². The number of aromatic nitrogens is 2. The van der Waals surface area contributed by atoms with E-state index in [1.165, 1.54) is 6.20 Å². The van der Waals surface area contributed by atoms with Crippen molar-refractivity contribution in [2.24, 2.45) is 0 Å². The van der Waals surface area contributed by atoms with Gasteiger partial charge in [0.1, 0.15) is 0 Å². The second-order valence-corrected chi connectivity index (χ2v) is 4.42. The fraction of sp³-hybridized carbons (Fsp3) is 0.692. The van der Waals surface area contributed by atoms with Crippen LogP contribution in [-0.4, -0.2) is 30.1 Å². The summed E-state index contributed by atoms with van der Waals surface area (Å²) >= 11 is 0. The van der Waals surface area contributed by atoms with Crippen LogP contribution in [0, 0.1) is 5.82 Å². The highest BCUT2D eigenvalue weighted by Gasteiger charge is 2.11. The molecule has 0 unspecified atom stereocenters. The largest absolute Gasteiger partial charge is 0.357 e. The minimum Gasteiger partial charge on any atom is -0.357 e. The van der Waals surface area contributed by atoms with E-state index in [2.05, 4.69) is 29.1 Å². The van der Waals surface area contributed by atoms with Crippen molar-refractivity contribution >= 4 is 11.8 Å². The minimum atomic E-state index is -0.365. The minimum absolute atomic E-state index is 0.365. The Morgan fingerprint density at radius 3 is 2.72 bits per heavy atom. The molecule has 0 aliphatic rings. The van der Waals surface area contributed by atoms with Crippen molar-refractivity contribution in [2.75, 3.05) is 30.4 Å². The molecule has 0 aliphatic carbocycles. The highest BCUT2D eigenvalue weighted by Crippen LogP contribution is 2.16. The molecule has 0 spiro atoms. The molecule has 18 heavy (non-hydrogen) atoms. The Hall–Kier alpha value is -1.39. The quantitative estimate of drug-likeness (QED) is 0.724. The number of nitrogens with one attached hydrogen (secondary N) is 1. The van der Waals surface area contributed by atoms with E-state index in [0.717, 1.165) is 38.8 Å². The molecule has 0 aliphatic heterocycles. The molecule has 1 N–H and O–H groups in total. The van der Waals surface area contributed by atoms with Gasteiger partial charge in [0, 0.05) is 20.1 Å². The van der Waals surface area contributed by atoms with Crippen molar-refractivity contribution < 1.29 is 4.39 Å². The molecule has 0 fully saturated rings. The molecule has 1 heterocycles. The second kappa shape index (κ2) is 7.84. The number of halogens is 1. The maximum atomic E-state index is 13.7. The van der Waals surface area contributed by atoms with E-state index >= 15 is 0 Å². The van der Waals surface area contributed by atoms with E-state index in [1.807, 2.05) is 11.9 Å². The van der Waals surface area contributed by atoms with Crippen LogP contribution in [0.5, 0.6) is 0 Å². The summed E-state index contributed by atoms with van der Waals surface area (Å²) in [6.07, 6.45) is 5.58. The molecule has 5 heteroatoms. The first-order valence-corrected chi connectivity index (χ1v) is 6.66. The average molecular weight is 254 g/mol. The lowest BCUT2D eigenvalue weighted by molar-refractivity contribution is 0.602. The first-order valence-electron chi connectivity index (χ1n) is 6.66.